The molecule has 3 heterocycles. The van der Waals surface area contributed by atoms with Gasteiger partial charge < -0.3 is 14.4 Å². The van der Waals surface area contributed by atoms with Gasteiger partial charge in [-0.25, -0.2) is 9.37 Å². The Bertz CT molecular complexity index is 1510. The Hall–Kier alpha value is -4.15. The summed E-state index contributed by atoms with van der Waals surface area (Å²) < 4.78 is 67.0. The molecule has 0 unspecified atom stereocenters. The first-order valence-corrected chi connectivity index (χ1v) is 13.4. The van der Waals surface area contributed by atoms with Crippen molar-refractivity contribution in [2.45, 2.75) is 45.3 Å². The number of rotatable bonds is 10. The van der Waals surface area contributed by atoms with Crippen molar-refractivity contribution in [2.24, 2.45) is 0 Å². The molecule has 0 saturated carbocycles. The molecule has 1 fully saturated rings. The number of amides is 1. The van der Waals surface area contributed by atoms with Crippen molar-refractivity contribution in [3.05, 3.63) is 65.7 Å². The van der Waals surface area contributed by atoms with Crippen LogP contribution >= 0.6 is 12.2 Å². The number of hydrogen-bond acceptors (Lipinski definition) is 7. The summed E-state index contributed by atoms with van der Waals surface area (Å²) in [4.78, 5) is 24.3. The number of pyridine rings is 2. The predicted octanol–water partition coefficient (Wildman–Crippen LogP) is 6.29. The molecule has 1 aliphatic rings. The number of carbonyl (C=O) groups excluding carboxylic acids is 1. The predicted molar refractivity (Wildman–Crippen MR) is 151 cm³/mol. The van der Waals surface area contributed by atoms with Gasteiger partial charge in [-0.2, -0.15) is 18.4 Å². The number of hydrogen-bond donors (Lipinski definition) is 0. The molecule has 0 N–H and O–H groups in total. The molecule has 0 spiro atoms. The van der Waals surface area contributed by atoms with Crippen LogP contribution in [0.15, 0.2) is 48.8 Å². The lowest BCUT2D eigenvalue weighted by atomic mass is 10.0. The van der Waals surface area contributed by atoms with Crippen molar-refractivity contribution in [3.63, 3.8) is 0 Å². The summed E-state index contributed by atoms with van der Waals surface area (Å²) in [6.07, 6.45) is -0.367. The topological polar surface area (TPSA) is 91.6 Å². The van der Waals surface area contributed by atoms with Gasteiger partial charge in [0.05, 0.1) is 41.5 Å². The van der Waals surface area contributed by atoms with E-state index in [2.05, 4.69) is 9.97 Å². The van der Waals surface area contributed by atoms with E-state index in [4.69, 9.17) is 27.0 Å². The van der Waals surface area contributed by atoms with Crippen molar-refractivity contribution < 1.29 is 31.8 Å². The van der Waals surface area contributed by atoms with Crippen LogP contribution in [0.2, 0.25) is 0 Å². The van der Waals surface area contributed by atoms with E-state index in [1.165, 1.54) is 31.0 Å². The number of ether oxygens (including phenoxy) is 2. The quantitative estimate of drug-likeness (QED) is 0.152. The Morgan fingerprint density at radius 2 is 1.79 bits per heavy atom. The van der Waals surface area contributed by atoms with E-state index >= 15 is 4.39 Å². The highest BCUT2D eigenvalue weighted by Gasteiger charge is 2.52. The minimum Gasteiger partial charge on any atom is -0.478 e. The fraction of sp³-hybridized carbons (Fsp3) is 0.345. The summed E-state index contributed by atoms with van der Waals surface area (Å²) in [6, 6.07) is 9.94. The Morgan fingerprint density at radius 1 is 1.05 bits per heavy atom. The lowest BCUT2D eigenvalue weighted by Crippen LogP contribution is -2.44. The molecule has 3 aromatic rings. The van der Waals surface area contributed by atoms with Crippen LogP contribution in [0.25, 0.3) is 11.3 Å². The third-order valence-corrected chi connectivity index (χ3v) is 6.97. The molecule has 1 saturated heterocycles. The highest BCUT2D eigenvalue weighted by Crippen LogP contribution is 2.42. The number of alkyl halides is 3. The number of aromatic nitrogens is 2. The monoisotopic (exact) mass is 601 g/mol. The Morgan fingerprint density at radius 3 is 2.38 bits per heavy atom. The van der Waals surface area contributed by atoms with Gasteiger partial charge >= 0.3 is 6.18 Å². The van der Waals surface area contributed by atoms with Gasteiger partial charge in [-0.3, -0.25) is 14.7 Å². The van der Waals surface area contributed by atoms with Crippen LogP contribution in [0.4, 0.5) is 28.9 Å². The SMILES string of the molecule is CCOCCCCOc1ccc(-c2ccc(N3C(=S)N(c4ccc(C#N)c(C(F)(F)F)c4F)C(=O)C3(C)C)cn2)cn1. The molecular formula is C29H27F4N5O3S. The molecule has 2 aromatic heterocycles. The first-order chi connectivity index (χ1) is 19.9. The van der Waals surface area contributed by atoms with Crippen molar-refractivity contribution >= 4 is 34.6 Å². The van der Waals surface area contributed by atoms with Crippen molar-refractivity contribution in [1.82, 2.24) is 9.97 Å². The number of thiocarbonyl (C=S) groups is 1. The molecule has 42 heavy (non-hydrogen) atoms. The fourth-order valence-corrected chi connectivity index (χ4v) is 5.00. The van der Waals surface area contributed by atoms with Crippen LogP contribution in [0.1, 0.15) is 44.7 Å². The first-order valence-electron chi connectivity index (χ1n) is 13.0. The van der Waals surface area contributed by atoms with Gasteiger partial charge in [0.15, 0.2) is 10.9 Å². The van der Waals surface area contributed by atoms with E-state index in [1.54, 1.807) is 30.5 Å². The second kappa shape index (κ2) is 12.4. The summed E-state index contributed by atoms with van der Waals surface area (Å²) in [7, 11) is 0. The van der Waals surface area contributed by atoms with Gasteiger partial charge in [0.25, 0.3) is 5.91 Å². The summed E-state index contributed by atoms with van der Waals surface area (Å²) in [5.41, 5.74) is -3.11. The van der Waals surface area contributed by atoms with Crippen LogP contribution in [-0.2, 0) is 15.7 Å². The Labute approximate surface area is 245 Å². The highest BCUT2D eigenvalue weighted by atomic mass is 32.1. The van der Waals surface area contributed by atoms with Crippen molar-refractivity contribution in [2.75, 3.05) is 29.6 Å². The molecular weight excluding hydrogens is 574 g/mol. The van der Waals surface area contributed by atoms with Crippen molar-refractivity contribution in [1.29, 1.82) is 5.26 Å². The zero-order chi connectivity index (χ0) is 30.7. The maximum absolute atomic E-state index is 15.2. The number of anilines is 2. The third kappa shape index (κ3) is 6.05. The van der Waals surface area contributed by atoms with Gasteiger partial charge in [0.1, 0.15) is 11.1 Å². The largest absolute Gasteiger partial charge is 0.478 e. The fourth-order valence-electron chi connectivity index (χ4n) is 4.48. The normalized spacial score (nSPS) is 14.8. The lowest BCUT2D eigenvalue weighted by Gasteiger charge is -2.29. The van der Waals surface area contributed by atoms with Gasteiger partial charge in [-0.15, -0.1) is 0 Å². The maximum Gasteiger partial charge on any atom is 0.420 e. The minimum absolute atomic E-state index is 0.235. The number of carbonyl (C=O) groups is 1. The maximum atomic E-state index is 15.2. The number of unbranched alkanes of at least 4 members (excludes halogenated alkanes) is 1. The van der Waals surface area contributed by atoms with E-state index in [0.717, 1.165) is 25.0 Å². The highest BCUT2D eigenvalue weighted by molar-refractivity contribution is 7.81. The number of halogens is 4. The van der Waals surface area contributed by atoms with Crippen molar-refractivity contribution in [3.8, 4) is 23.2 Å². The standard InChI is InChI=1S/C29H27F4N5O3S/c1-4-40-13-5-6-14-41-23-12-8-19(16-36-23)21-10-9-20(17-35-21)38-27(42)37(26(39)28(38,2)3)22-11-7-18(15-34)24(25(22)30)29(31,32)33/h7-12,16-17H,4-6,13-14H2,1-3H3. The van der Waals surface area contributed by atoms with Crippen LogP contribution < -0.4 is 14.5 Å². The molecule has 8 nitrogen and oxygen atoms in total. The summed E-state index contributed by atoms with van der Waals surface area (Å²) in [6.45, 7) is 6.86. The molecule has 0 bridgehead atoms. The minimum atomic E-state index is -5.16. The second-order valence-corrected chi connectivity index (χ2v) is 10.2. The number of benzene rings is 1. The third-order valence-electron chi connectivity index (χ3n) is 6.61. The van der Waals surface area contributed by atoms with Crippen LogP contribution in [-0.4, -0.2) is 46.3 Å². The summed E-state index contributed by atoms with van der Waals surface area (Å²) in [5, 5.41) is 8.84. The van der Waals surface area contributed by atoms with Gasteiger partial charge in [0, 0.05) is 31.0 Å². The van der Waals surface area contributed by atoms with Crippen LogP contribution in [0, 0.1) is 17.1 Å². The smallest absolute Gasteiger partial charge is 0.420 e. The first kappa shape index (κ1) is 30.8. The van der Waals surface area contributed by atoms with Crippen LogP contribution in [0.5, 0.6) is 5.88 Å². The zero-order valence-corrected chi connectivity index (χ0v) is 23.9. The molecule has 220 valence electrons. The van der Waals surface area contributed by atoms with Gasteiger partial charge in [0.2, 0.25) is 5.88 Å². The van der Waals surface area contributed by atoms with E-state index in [-0.39, 0.29) is 5.11 Å². The summed E-state index contributed by atoms with van der Waals surface area (Å²) >= 11 is 5.47. The Balaban J connectivity index is 1.54. The van der Waals surface area contributed by atoms with E-state index in [9.17, 15) is 18.0 Å². The molecule has 4 rings (SSSR count). The number of nitrogens with zero attached hydrogens (tertiary/aromatic N) is 5. The molecule has 1 aliphatic heterocycles. The summed E-state index contributed by atoms with van der Waals surface area (Å²) in [5.74, 6) is -2.03. The second-order valence-electron chi connectivity index (χ2n) is 9.79. The number of nitriles is 1. The molecule has 1 aromatic carbocycles. The van der Waals surface area contributed by atoms with Gasteiger partial charge in [-0.1, -0.05) is 0 Å². The molecule has 0 aliphatic carbocycles. The lowest BCUT2D eigenvalue weighted by molar-refractivity contribution is -0.140. The Kier molecular flexibility index (Phi) is 9.08. The average Bonchev–Trinajstić information content (AvgIpc) is 3.13. The van der Waals surface area contributed by atoms with E-state index in [1.807, 2.05) is 6.92 Å². The zero-order valence-electron chi connectivity index (χ0n) is 23.0. The average molecular weight is 602 g/mol. The molecule has 0 atom stereocenters. The van der Waals surface area contributed by atoms with E-state index < -0.39 is 40.3 Å². The molecule has 1 amide bonds. The molecule has 13 heteroatoms. The van der Waals surface area contributed by atoms with E-state index in [0.29, 0.717) is 47.5 Å². The van der Waals surface area contributed by atoms with Crippen LogP contribution in [0.3, 0.4) is 0 Å². The molecule has 0 radical (unpaired) electrons. The van der Waals surface area contributed by atoms with Gasteiger partial charge in [-0.05, 0) is 76.2 Å².